The van der Waals surface area contributed by atoms with Gasteiger partial charge in [0.1, 0.15) is 6.61 Å². The SMILES string of the molecule is C[C@H](CO)NC(=O)C[C@H]1CC=CCC[C@H](Cc2ccccc2)C(=O)OC[C@@H](c2ccccc2)NC1=O. The zero-order valence-electron chi connectivity index (χ0n) is 20.8. The Hall–Kier alpha value is -3.45. The summed E-state index contributed by atoms with van der Waals surface area (Å²) in [7, 11) is 0. The van der Waals surface area contributed by atoms with Crippen LogP contribution in [0, 0.1) is 11.8 Å². The van der Waals surface area contributed by atoms with Crippen LogP contribution in [-0.2, 0) is 25.5 Å². The van der Waals surface area contributed by atoms with Crippen molar-refractivity contribution in [2.75, 3.05) is 13.2 Å². The Bertz CT molecular complexity index is 1010. The summed E-state index contributed by atoms with van der Waals surface area (Å²) in [5.41, 5.74) is 1.89. The molecule has 1 heterocycles. The summed E-state index contributed by atoms with van der Waals surface area (Å²) in [6.07, 6.45) is 6.14. The van der Waals surface area contributed by atoms with E-state index < -0.39 is 12.0 Å². The van der Waals surface area contributed by atoms with Crippen molar-refractivity contribution in [3.05, 3.63) is 83.9 Å². The number of cyclic esters (lactones) is 1. The van der Waals surface area contributed by atoms with Gasteiger partial charge in [-0.15, -0.1) is 0 Å². The van der Waals surface area contributed by atoms with Crippen molar-refractivity contribution < 1.29 is 24.2 Å². The van der Waals surface area contributed by atoms with Crippen LogP contribution in [0.25, 0.3) is 0 Å². The zero-order chi connectivity index (χ0) is 25.8. The van der Waals surface area contributed by atoms with Gasteiger partial charge in [0.05, 0.1) is 24.5 Å². The number of ether oxygens (including phenoxy) is 1. The minimum Gasteiger partial charge on any atom is -0.463 e. The number of esters is 1. The molecule has 192 valence electrons. The molecule has 0 saturated carbocycles. The minimum atomic E-state index is -0.588. The van der Waals surface area contributed by atoms with E-state index in [1.165, 1.54) is 0 Å². The van der Waals surface area contributed by atoms with Gasteiger partial charge in [-0.1, -0.05) is 72.8 Å². The zero-order valence-corrected chi connectivity index (χ0v) is 20.8. The summed E-state index contributed by atoms with van der Waals surface area (Å²) < 4.78 is 5.75. The molecule has 2 aromatic carbocycles. The number of hydrogen-bond donors (Lipinski definition) is 3. The van der Waals surface area contributed by atoms with Gasteiger partial charge in [-0.3, -0.25) is 14.4 Å². The molecule has 3 rings (SSSR count). The lowest BCUT2D eigenvalue weighted by Crippen LogP contribution is -2.41. The van der Waals surface area contributed by atoms with Gasteiger partial charge in [0, 0.05) is 12.5 Å². The van der Waals surface area contributed by atoms with Crippen LogP contribution in [0.3, 0.4) is 0 Å². The molecule has 0 spiro atoms. The predicted molar refractivity (Wildman–Crippen MR) is 138 cm³/mol. The minimum absolute atomic E-state index is 0.00154. The van der Waals surface area contributed by atoms with Crippen molar-refractivity contribution in [2.45, 2.75) is 51.1 Å². The molecule has 7 nitrogen and oxygen atoms in total. The number of allylic oxidation sites excluding steroid dienone is 2. The van der Waals surface area contributed by atoms with Crippen molar-refractivity contribution in [1.29, 1.82) is 0 Å². The highest BCUT2D eigenvalue weighted by Gasteiger charge is 2.27. The molecule has 2 amide bonds. The molecule has 7 heteroatoms. The quantitative estimate of drug-likeness (QED) is 0.405. The van der Waals surface area contributed by atoms with E-state index in [0.717, 1.165) is 11.1 Å². The third-order valence-corrected chi connectivity index (χ3v) is 6.32. The molecule has 1 aliphatic heterocycles. The summed E-state index contributed by atoms with van der Waals surface area (Å²) in [5.74, 6) is -1.74. The monoisotopic (exact) mass is 492 g/mol. The maximum atomic E-state index is 13.3. The van der Waals surface area contributed by atoms with E-state index in [-0.39, 0.29) is 49.4 Å². The van der Waals surface area contributed by atoms with E-state index in [2.05, 4.69) is 10.6 Å². The van der Waals surface area contributed by atoms with Gasteiger partial charge >= 0.3 is 5.97 Å². The number of nitrogens with one attached hydrogen (secondary N) is 2. The number of aliphatic hydroxyl groups excluding tert-OH is 1. The van der Waals surface area contributed by atoms with Crippen LogP contribution in [0.2, 0.25) is 0 Å². The van der Waals surface area contributed by atoms with Gasteiger partial charge in [-0.2, -0.15) is 0 Å². The van der Waals surface area contributed by atoms with Crippen molar-refractivity contribution in [3.63, 3.8) is 0 Å². The van der Waals surface area contributed by atoms with E-state index in [9.17, 15) is 19.5 Å². The maximum Gasteiger partial charge on any atom is 0.309 e. The molecule has 36 heavy (non-hydrogen) atoms. The highest BCUT2D eigenvalue weighted by Crippen LogP contribution is 2.22. The summed E-state index contributed by atoms with van der Waals surface area (Å²) in [5, 5.41) is 14.9. The summed E-state index contributed by atoms with van der Waals surface area (Å²) >= 11 is 0. The number of aliphatic hydroxyl groups is 1. The third-order valence-electron chi connectivity index (χ3n) is 6.32. The van der Waals surface area contributed by atoms with Gasteiger partial charge in [0.15, 0.2) is 0 Å². The first-order valence-electron chi connectivity index (χ1n) is 12.6. The molecule has 1 aliphatic rings. The summed E-state index contributed by atoms with van der Waals surface area (Å²) in [6.45, 7) is 1.54. The van der Waals surface area contributed by atoms with Crippen LogP contribution < -0.4 is 10.6 Å². The normalized spacial score (nSPS) is 22.2. The Balaban J connectivity index is 1.80. The molecule has 0 aliphatic carbocycles. The second-order valence-electron chi connectivity index (χ2n) is 9.33. The van der Waals surface area contributed by atoms with Crippen molar-refractivity contribution >= 4 is 17.8 Å². The lowest BCUT2D eigenvalue weighted by molar-refractivity contribution is -0.150. The first-order valence-corrected chi connectivity index (χ1v) is 12.6. The second kappa shape index (κ2) is 14.2. The average molecular weight is 493 g/mol. The smallest absolute Gasteiger partial charge is 0.309 e. The van der Waals surface area contributed by atoms with E-state index in [1.54, 1.807) is 6.92 Å². The number of amides is 2. The molecule has 0 radical (unpaired) electrons. The molecule has 3 N–H and O–H groups in total. The fourth-order valence-corrected chi connectivity index (χ4v) is 4.24. The number of hydrogen-bond acceptors (Lipinski definition) is 5. The van der Waals surface area contributed by atoms with Crippen LogP contribution in [0.15, 0.2) is 72.8 Å². The number of carbonyl (C=O) groups is 3. The van der Waals surface area contributed by atoms with Crippen LogP contribution in [-0.4, -0.2) is 42.1 Å². The van der Waals surface area contributed by atoms with Crippen LogP contribution >= 0.6 is 0 Å². The number of carbonyl (C=O) groups excluding carboxylic acids is 3. The van der Waals surface area contributed by atoms with Crippen LogP contribution in [0.5, 0.6) is 0 Å². The standard InChI is InChI=1S/C29H36N2O5/c1-21(19-32)30-27(33)18-24-15-9-4-10-16-25(17-22-11-5-2-6-12-22)29(35)36-20-26(31-28(24)34)23-13-7-3-8-14-23/h2-9,11-14,21,24-26,32H,10,15-20H2,1H3,(H,30,33)(H,31,34)/t21-,24-,25-,26+/m1/s1. The van der Waals surface area contributed by atoms with Gasteiger partial charge in [-0.05, 0) is 43.7 Å². The number of benzene rings is 2. The predicted octanol–water partition coefficient (Wildman–Crippen LogP) is 3.49. The first kappa shape index (κ1) is 27.1. The molecule has 0 saturated heterocycles. The molecular weight excluding hydrogens is 456 g/mol. The van der Waals surface area contributed by atoms with Crippen LogP contribution in [0.1, 0.15) is 49.8 Å². The van der Waals surface area contributed by atoms with Gasteiger partial charge < -0.3 is 20.5 Å². The fraction of sp³-hybridized carbons (Fsp3) is 0.414. The van der Waals surface area contributed by atoms with Crippen molar-refractivity contribution in [2.24, 2.45) is 11.8 Å². The molecule has 0 aromatic heterocycles. The summed E-state index contributed by atoms with van der Waals surface area (Å²) in [4.78, 5) is 38.8. The molecule has 0 unspecified atom stereocenters. The Morgan fingerprint density at radius 1 is 1.06 bits per heavy atom. The topological polar surface area (TPSA) is 105 Å². The van der Waals surface area contributed by atoms with E-state index in [4.69, 9.17) is 4.74 Å². The van der Waals surface area contributed by atoms with Crippen molar-refractivity contribution in [3.8, 4) is 0 Å². The van der Waals surface area contributed by atoms with E-state index in [0.29, 0.717) is 25.7 Å². The highest BCUT2D eigenvalue weighted by molar-refractivity contribution is 5.86. The van der Waals surface area contributed by atoms with Crippen molar-refractivity contribution in [1.82, 2.24) is 10.6 Å². The molecule has 2 aromatic rings. The molecule has 4 atom stereocenters. The second-order valence-corrected chi connectivity index (χ2v) is 9.33. The van der Waals surface area contributed by atoms with Gasteiger partial charge in [0.25, 0.3) is 0 Å². The average Bonchev–Trinajstić information content (AvgIpc) is 2.90. The van der Waals surface area contributed by atoms with Gasteiger partial charge in [0.2, 0.25) is 11.8 Å². The molecule has 0 bridgehead atoms. The first-order chi connectivity index (χ1) is 17.5. The van der Waals surface area contributed by atoms with Gasteiger partial charge in [-0.25, -0.2) is 0 Å². The van der Waals surface area contributed by atoms with E-state index >= 15 is 0 Å². The largest absolute Gasteiger partial charge is 0.463 e. The van der Waals surface area contributed by atoms with Crippen LogP contribution in [0.4, 0.5) is 0 Å². The van der Waals surface area contributed by atoms with E-state index in [1.807, 2.05) is 72.8 Å². The fourth-order valence-electron chi connectivity index (χ4n) is 4.24. The summed E-state index contributed by atoms with van der Waals surface area (Å²) in [6, 6.07) is 18.3. The maximum absolute atomic E-state index is 13.3. The molecular formula is C29H36N2O5. The number of rotatable bonds is 7. The lowest BCUT2D eigenvalue weighted by Gasteiger charge is -2.24. The third kappa shape index (κ3) is 8.64. The Morgan fingerprint density at radius 3 is 2.44 bits per heavy atom. The lowest BCUT2D eigenvalue weighted by atomic mass is 9.94. The molecule has 0 fully saturated rings. The Kier molecular flexibility index (Phi) is 10.7. The Morgan fingerprint density at radius 2 is 1.75 bits per heavy atom. The highest BCUT2D eigenvalue weighted by atomic mass is 16.5. The Labute approximate surface area is 212 Å².